The highest BCUT2D eigenvalue weighted by molar-refractivity contribution is 14.1. The van der Waals surface area contributed by atoms with Crippen LogP contribution in [0.2, 0.25) is 0 Å². The predicted molar refractivity (Wildman–Crippen MR) is 52.5 cm³/mol. The van der Waals surface area contributed by atoms with Crippen LogP contribution in [0.1, 0.15) is 15.9 Å². The van der Waals surface area contributed by atoms with Gasteiger partial charge in [-0.1, -0.05) is 0 Å². The van der Waals surface area contributed by atoms with Gasteiger partial charge in [0.05, 0.1) is 15.2 Å². The summed E-state index contributed by atoms with van der Waals surface area (Å²) in [5.41, 5.74) is -0.0250. The van der Waals surface area contributed by atoms with Gasteiger partial charge in [-0.15, -0.1) is 0 Å². The topological polar surface area (TPSA) is 81.3 Å². The van der Waals surface area contributed by atoms with Crippen molar-refractivity contribution in [3.8, 4) is 11.8 Å². The SMILES string of the molecule is N#Cc1cc(I)c(O)c(C(=O)O)c1. The standard InChI is InChI=1S/C8H4INO3/c9-6-2-4(3-10)1-5(7(6)11)8(12)13/h1-2,11H,(H,12,13). The van der Waals surface area contributed by atoms with Gasteiger partial charge in [0, 0.05) is 0 Å². The maximum absolute atomic E-state index is 10.6. The molecule has 5 heteroatoms. The lowest BCUT2D eigenvalue weighted by Gasteiger charge is -2.01. The van der Waals surface area contributed by atoms with E-state index in [4.69, 9.17) is 10.4 Å². The molecule has 0 bridgehead atoms. The second-order valence-corrected chi connectivity index (χ2v) is 3.43. The molecule has 0 spiro atoms. The summed E-state index contributed by atoms with van der Waals surface area (Å²) >= 11 is 1.77. The smallest absolute Gasteiger partial charge is 0.339 e. The van der Waals surface area contributed by atoms with Gasteiger partial charge in [0.15, 0.2) is 0 Å². The van der Waals surface area contributed by atoms with Gasteiger partial charge in [0.1, 0.15) is 11.3 Å². The Kier molecular flexibility index (Phi) is 2.72. The number of aromatic carboxylic acids is 1. The zero-order valence-electron chi connectivity index (χ0n) is 6.28. The molecule has 0 aliphatic rings. The second-order valence-electron chi connectivity index (χ2n) is 2.27. The number of aromatic hydroxyl groups is 1. The van der Waals surface area contributed by atoms with Crippen molar-refractivity contribution >= 4 is 28.6 Å². The molecule has 1 aromatic rings. The fourth-order valence-electron chi connectivity index (χ4n) is 0.827. The van der Waals surface area contributed by atoms with E-state index in [1.807, 2.05) is 6.07 Å². The van der Waals surface area contributed by atoms with Gasteiger partial charge in [0.2, 0.25) is 0 Å². The third kappa shape index (κ3) is 1.89. The molecule has 0 heterocycles. The van der Waals surface area contributed by atoms with Gasteiger partial charge in [-0.05, 0) is 34.7 Å². The Morgan fingerprint density at radius 1 is 1.54 bits per heavy atom. The average Bonchev–Trinajstić information content (AvgIpc) is 2.09. The van der Waals surface area contributed by atoms with Gasteiger partial charge in [0.25, 0.3) is 0 Å². The molecule has 1 aromatic carbocycles. The molecule has 66 valence electrons. The number of carbonyl (C=O) groups is 1. The number of nitrogens with zero attached hydrogens (tertiary/aromatic N) is 1. The van der Waals surface area contributed by atoms with Gasteiger partial charge < -0.3 is 10.2 Å². The van der Waals surface area contributed by atoms with Crippen LogP contribution in [0.25, 0.3) is 0 Å². The van der Waals surface area contributed by atoms with Gasteiger partial charge >= 0.3 is 5.97 Å². The number of phenols is 1. The maximum Gasteiger partial charge on any atom is 0.339 e. The second kappa shape index (κ2) is 3.62. The van der Waals surface area contributed by atoms with Crippen molar-refractivity contribution in [2.45, 2.75) is 0 Å². The highest BCUT2D eigenvalue weighted by Crippen LogP contribution is 2.25. The van der Waals surface area contributed by atoms with Crippen LogP contribution in [-0.2, 0) is 0 Å². The molecule has 0 aliphatic carbocycles. The number of carboxylic acid groups (broad SMARTS) is 1. The van der Waals surface area contributed by atoms with E-state index in [9.17, 15) is 9.90 Å². The molecule has 0 saturated heterocycles. The number of hydrogen-bond donors (Lipinski definition) is 2. The number of halogens is 1. The highest BCUT2D eigenvalue weighted by atomic mass is 127. The van der Waals surface area contributed by atoms with Crippen molar-refractivity contribution in [3.63, 3.8) is 0 Å². The van der Waals surface area contributed by atoms with E-state index in [1.165, 1.54) is 6.07 Å². The predicted octanol–water partition coefficient (Wildman–Crippen LogP) is 1.57. The zero-order valence-corrected chi connectivity index (χ0v) is 8.44. The van der Waals surface area contributed by atoms with Crippen molar-refractivity contribution < 1.29 is 15.0 Å². The summed E-state index contributed by atoms with van der Waals surface area (Å²) in [6.45, 7) is 0. The van der Waals surface area contributed by atoms with Gasteiger partial charge in [-0.2, -0.15) is 5.26 Å². The zero-order chi connectivity index (χ0) is 10.0. The average molecular weight is 289 g/mol. The Hall–Kier alpha value is -1.29. The molecule has 0 aromatic heterocycles. The number of carboxylic acids is 1. The van der Waals surface area contributed by atoms with Crippen molar-refractivity contribution in [3.05, 3.63) is 26.8 Å². The Bertz CT molecular complexity index is 409. The molecule has 1 rings (SSSR count). The molecule has 13 heavy (non-hydrogen) atoms. The molecule has 0 unspecified atom stereocenters. The van der Waals surface area contributed by atoms with Crippen molar-refractivity contribution in [1.82, 2.24) is 0 Å². The number of rotatable bonds is 1. The van der Waals surface area contributed by atoms with Gasteiger partial charge in [-0.25, -0.2) is 4.79 Å². The fourth-order valence-corrected chi connectivity index (χ4v) is 1.45. The maximum atomic E-state index is 10.6. The molecular formula is C8H4INO3. The van der Waals surface area contributed by atoms with E-state index < -0.39 is 5.97 Å². The fraction of sp³-hybridized carbons (Fsp3) is 0. The third-order valence-corrected chi connectivity index (χ3v) is 2.25. The summed E-state index contributed by atoms with van der Waals surface area (Å²) in [7, 11) is 0. The Balaban J connectivity index is 3.44. The monoisotopic (exact) mass is 289 g/mol. The largest absolute Gasteiger partial charge is 0.506 e. The van der Waals surface area contributed by atoms with Crippen LogP contribution in [0.4, 0.5) is 0 Å². The van der Waals surface area contributed by atoms with Crippen LogP contribution < -0.4 is 0 Å². The van der Waals surface area contributed by atoms with Crippen LogP contribution in [-0.4, -0.2) is 16.2 Å². The Morgan fingerprint density at radius 2 is 2.15 bits per heavy atom. The minimum absolute atomic E-state index is 0.222. The van der Waals surface area contributed by atoms with Gasteiger partial charge in [-0.3, -0.25) is 0 Å². The van der Waals surface area contributed by atoms with Crippen LogP contribution in [0, 0.1) is 14.9 Å². The first-order chi connectivity index (χ1) is 6.06. The summed E-state index contributed by atoms with van der Waals surface area (Å²) < 4.78 is 0.356. The summed E-state index contributed by atoms with van der Waals surface area (Å²) in [4.78, 5) is 10.6. The first kappa shape index (κ1) is 9.80. The van der Waals surface area contributed by atoms with Crippen LogP contribution >= 0.6 is 22.6 Å². The summed E-state index contributed by atoms with van der Waals surface area (Å²) in [5.74, 6) is -1.54. The Labute approximate surface area is 87.6 Å². The molecular weight excluding hydrogens is 285 g/mol. The molecule has 0 saturated carbocycles. The molecule has 0 aliphatic heterocycles. The molecule has 0 atom stereocenters. The first-order valence-corrected chi connectivity index (χ1v) is 4.30. The lowest BCUT2D eigenvalue weighted by Crippen LogP contribution is -1.98. The molecule has 4 nitrogen and oxygen atoms in total. The highest BCUT2D eigenvalue weighted by Gasteiger charge is 2.13. The summed E-state index contributed by atoms with van der Waals surface area (Å²) in [5, 5.41) is 26.5. The molecule has 0 amide bonds. The number of hydrogen-bond acceptors (Lipinski definition) is 3. The van der Waals surface area contributed by atoms with E-state index >= 15 is 0 Å². The molecule has 0 fully saturated rings. The quantitative estimate of drug-likeness (QED) is 0.769. The summed E-state index contributed by atoms with van der Waals surface area (Å²) in [6.07, 6.45) is 0. The van der Waals surface area contributed by atoms with E-state index in [1.54, 1.807) is 22.6 Å². The Morgan fingerprint density at radius 3 is 2.62 bits per heavy atom. The van der Waals surface area contributed by atoms with Crippen LogP contribution in [0.3, 0.4) is 0 Å². The number of benzene rings is 1. The normalized spacial score (nSPS) is 9.23. The van der Waals surface area contributed by atoms with Crippen molar-refractivity contribution in [1.29, 1.82) is 5.26 Å². The van der Waals surface area contributed by atoms with E-state index in [0.717, 1.165) is 6.07 Å². The minimum atomic E-state index is -1.24. The van der Waals surface area contributed by atoms with Crippen LogP contribution in [0.5, 0.6) is 5.75 Å². The third-order valence-electron chi connectivity index (χ3n) is 1.42. The van der Waals surface area contributed by atoms with E-state index in [2.05, 4.69) is 0 Å². The first-order valence-electron chi connectivity index (χ1n) is 3.22. The lowest BCUT2D eigenvalue weighted by molar-refractivity contribution is 0.0693. The molecule has 0 radical (unpaired) electrons. The summed E-state index contributed by atoms with van der Waals surface area (Å²) in [6, 6.07) is 4.37. The van der Waals surface area contributed by atoms with E-state index in [0.29, 0.717) is 3.57 Å². The molecule has 2 N–H and O–H groups in total. The van der Waals surface area contributed by atoms with Crippen LogP contribution in [0.15, 0.2) is 12.1 Å². The lowest BCUT2D eigenvalue weighted by atomic mass is 10.1. The van der Waals surface area contributed by atoms with Crippen molar-refractivity contribution in [2.24, 2.45) is 0 Å². The minimum Gasteiger partial charge on any atom is -0.506 e. The van der Waals surface area contributed by atoms with Crippen molar-refractivity contribution in [2.75, 3.05) is 0 Å². The van der Waals surface area contributed by atoms with E-state index in [-0.39, 0.29) is 16.9 Å². The number of nitriles is 1.